The van der Waals surface area contributed by atoms with Crippen LogP contribution in [0.1, 0.15) is 18.9 Å². The van der Waals surface area contributed by atoms with Gasteiger partial charge in [-0.05, 0) is 36.2 Å². The average Bonchev–Trinajstić information content (AvgIpc) is 2.70. The van der Waals surface area contributed by atoms with Gasteiger partial charge in [-0.25, -0.2) is 4.98 Å². The van der Waals surface area contributed by atoms with Crippen LogP contribution in [0, 0.1) is 21.4 Å². The minimum atomic E-state index is -0.755. The van der Waals surface area contributed by atoms with Crippen molar-refractivity contribution in [1.82, 2.24) is 9.38 Å². The van der Waals surface area contributed by atoms with Crippen LogP contribution >= 0.6 is 0 Å². The Hall–Kier alpha value is -3.93. The van der Waals surface area contributed by atoms with Gasteiger partial charge >= 0.3 is 11.2 Å². The highest BCUT2D eigenvalue weighted by molar-refractivity contribution is 5.60. The quantitative estimate of drug-likeness (QED) is 0.494. The molecule has 0 radical (unpaired) electrons. The van der Waals surface area contributed by atoms with Crippen LogP contribution in [-0.2, 0) is 6.54 Å². The fourth-order valence-corrected chi connectivity index (χ4v) is 2.65. The molecule has 3 rings (SSSR count). The summed E-state index contributed by atoms with van der Waals surface area (Å²) in [5, 5.41) is 23.3. The zero-order valence-electron chi connectivity index (χ0n) is 15.0. The number of aromatic nitrogens is 2. The Morgan fingerprint density at radius 1 is 1.36 bits per heavy atom. The van der Waals surface area contributed by atoms with E-state index in [0.29, 0.717) is 17.8 Å². The number of nitrogens with zero attached hydrogens (tertiary/aromatic N) is 4. The van der Waals surface area contributed by atoms with Crippen molar-refractivity contribution in [1.29, 1.82) is 5.26 Å². The van der Waals surface area contributed by atoms with E-state index in [1.54, 1.807) is 42.5 Å². The molecule has 9 nitrogen and oxygen atoms in total. The average molecular weight is 379 g/mol. The smallest absolute Gasteiger partial charge is 0.376 e. The highest BCUT2D eigenvalue weighted by Crippen LogP contribution is 2.21. The summed E-state index contributed by atoms with van der Waals surface area (Å²) in [6.07, 6.45) is 1.43. The first-order valence-corrected chi connectivity index (χ1v) is 8.58. The van der Waals surface area contributed by atoms with Crippen molar-refractivity contribution in [3.8, 4) is 11.8 Å². The Balaban J connectivity index is 1.88. The molecule has 1 N–H and O–H groups in total. The number of ether oxygens (including phenoxy) is 1. The van der Waals surface area contributed by atoms with Crippen LogP contribution in [0.15, 0.2) is 53.5 Å². The van der Waals surface area contributed by atoms with Crippen LogP contribution < -0.4 is 15.6 Å². The molecule has 0 aliphatic heterocycles. The summed E-state index contributed by atoms with van der Waals surface area (Å²) in [7, 11) is 0. The first-order chi connectivity index (χ1) is 13.5. The molecular weight excluding hydrogens is 362 g/mol. The van der Waals surface area contributed by atoms with E-state index in [4.69, 9.17) is 10.00 Å². The normalized spacial score (nSPS) is 11.6. The summed E-state index contributed by atoms with van der Waals surface area (Å²) in [5.74, 6) is 0.421. The van der Waals surface area contributed by atoms with Crippen LogP contribution in [0.4, 0.5) is 11.5 Å². The number of pyridine rings is 1. The third-order valence-corrected chi connectivity index (χ3v) is 4.04. The van der Waals surface area contributed by atoms with Gasteiger partial charge in [0.1, 0.15) is 17.5 Å². The second-order valence-electron chi connectivity index (χ2n) is 5.94. The fraction of sp³-hybridized carbons (Fsp3) is 0.211. The van der Waals surface area contributed by atoms with E-state index in [0.717, 1.165) is 9.96 Å². The highest BCUT2D eigenvalue weighted by atomic mass is 16.6. The first-order valence-electron chi connectivity index (χ1n) is 8.58. The molecule has 0 amide bonds. The summed E-state index contributed by atoms with van der Waals surface area (Å²) in [6, 6.07) is 14.0. The molecule has 28 heavy (non-hydrogen) atoms. The molecule has 0 aliphatic rings. The monoisotopic (exact) mass is 379 g/mol. The molecule has 9 heteroatoms. The van der Waals surface area contributed by atoms with Crippen molar-refractivity contribution in [2.75, 3.05) is 5.32 Å². The van der Waals surface area contributed by atoms with E-state index < -0.39 is 22.3 Å². The van der Waals surface area contributed by atoms with E-state index in [1.807, 2.05) is 6.92 Å². The summed E-state index contributed by atoms with van der Waals surface area (Å²) < 4.78 is 6.71. The molecular formula is C19H17N5O4. The van der Waals surface area contributed by atoms with Gasteiger partial charge in [-0.3, -0.25) is 19.3 Å². The number of rotatable bonds is 7. The van der Waals surface area contributed by atoms with Gasteiger partial charge in [-0.2, -0.15) is 5.26 Å². The van der Waals surface area contributed by atoms with Crippen molar-refractivity contribution in [2.45, 2.75) is 26.0 Å². The second kappa shape index (κ2) is 8.18. The third-order valence-electron chi connectivity index (χ3n) is 4.04. The number of nitro groups is 1. The molecule has 1 aromatic carbocycles. The minimum Gasteiger partial charge on any atom is -0.476 e. The molecule has 142 valence electrons. The van der Waals surface area contributed by atoms with Crippen LogP contribution in [0.25, 0.3) is 5.65 Å². The van der Waals surface area contributed by atoms with E-state index in [-0.39, 0.29) is 12.4 Å². The van der Waals surface area contributed by atoms with Gasteiger partial charge in [-0.1, -0.05) is 25.1 Å². The molecule has 2 heterocycles. The van der Waals surface area contributed by atoms with E-state index in [2.05, 4.69) is 16.4 Å². The lowest BCUT2D eigenvalue weighted by Crippen LogP contribution is -2.21. The summed E-state index contributed by atoms with van der Waals surface area (Å²) >= 11 is 0. The maximum absolute atomic E-state index is 12.4. The minimum absolute atomic E-state index is 0.101. The predicted molar refractivity (Wildman–Crippen MR) is 102 cm³/mol. The molecule has 2 aromatic heterocycles. The maximum Gasteiger partial charge on any atom is 0.376 e. The second-order valence-corrected chi connectivity index (χ2v) is 5.94. The number of benzene rings is 1. The lowest BCUT2D eigenvalue weighted by molar-refractivity contribution is -0.385. The number of hydrogen-bond acceptors (Lipinski definition) is 7. The number of anilines is 1. The van der Waals surface area contributed by atoms with Crippen LogP contribution in [0.2, 0.25) is 0 Å². The number of fused-ring (bicyclic) bond motifs is 1. The SMILES string of the molecule is CCC(C#N)Oc1cccc(CNc2nc3ccccn3c(=O)c2[N+](=O)[O-])c1. The van der Waals surface area contributed by atoms with Crippen molar-refractivity contribution in [3.05, 3.63) is 74.7 Å². The van der Waals surface area contributed by atoms with Gasteiger partial charge in [-0.15, -0.1) is 0 Å². The van der Waals surface area contributed by atoms with Crippen LogP contribution in [-0.4, -0.2) is 20.4 Å². The van der Waals surface area contributed by atoms with Crippen LogP contribution in [0.3, 0.4) is 0 Å². The maximum atomic E-state index is 12.4. The Morgan fingerprint density at radius 2 is 2.18 bits per heavy atom. The molecule has 0 saturated heterocycles. The Kier molecular flexibility index (Phi) is 5.50. The number of nitriles is 1. The Morgan fingerprint density at radius 3 is 2.89 bits per heavy atom. The van der Waals surface area contributed by atoms with E-state index in [1.165, 1.54) is 6.20 Å². The highest BCUT2D eigenvalue weighted by Gasteiger charge is 2.23. The lowest BCUT2D eigenvalue weighted by atomic mass is 10.2. The zero-order valence-corrected chi connectivity index (χ0v) is 15.0. The molecule has 1 unspecified atom stereocenters. The molecule has 0 bridgehead atoms. The first kappa shape index (κ1) is 18.8. The van der Waals surface area contributed by atoms with Gasteiger partial charge in [0, 0.05) is 12.7 Å². The summed E-state index contributed by atoms with van der Waals surface area (Å²) in [6.45, 7) is 2.04. The third kappa shape index (κ3) is 3.91. The Labute approximate surface area is 160 Å². The van der Waals surface area contributed by atoms with Gasteiger partial charge in [0.15, 0.2) is 6.10 Å². The standard InChI is InChI=1S/C19H17N5O4/c1-2-14(11-20)28-15-7-5-6-13(10-15)12-21-18-17(24(26)27)19(25)23-9-4-3-8-16(23)22-18/h3-10,14,21H,2,12H2,1H3. The lowest BCUT2D eigenvalue weighted by Gasteiger charge is -2.12. The van der Waals surface area contributed by atoms with Gasteiger partial charge in [0.2, 0.25) is 5.82 Å². The topological polar surface area (TPSA) is 123 Å². The molecule has 3 aromatic rings. The number of hydrogen-bond donors (Lipinski definition) is 1. The molecule has 0 aliphatic carbocycles. The fourth-order valence-electron chi connectivity index (χ4n) is 2.65. The van der Waals surface area contributed by atoms with E-state index in [9.17, 15) is 14.9 Å². The Bertz CT molecular complexity index is 1120. The summed E-state index contributed by atoms with van der Waals surface area (Å²) in [4.78, 5) is 27.3. The van der Waals surface area contributed by atoms with Gasteiger partial charge in [0.05, 0.1) is 4.92 Å². The van der Waals surface area contributed by atoms with Crippen molar-refractivity contribution >= 4 is 17.2 Å². The largest absolute Gasteiger partial charge is 0.476 e. The molecule has 0 spiro atoms. The molecule has 0 fully saturated rings. The number of nitrogens with one attached hydrogen (secondary N) is 1. The van der Waals surface area contributed by atoms with Crippen molar-refractivity contribution < 1.29 is 9.66 Å². The van der Waals surface area contributed by atoms with Crippen molar-refractivity contribution in [3.63, 3.8) is 0 Å². The molecule has 0 saturated carbocycles. The van der Waals surface area contributed by atoms with Crippen molar-refractivity contribution in [2.24, 2.45) is 0 Å². The predicted octanol–water partition coefficient (Wildman–Crippen LogP) is 2.90. The van der Waals surface area contributed by atoms with Gasteiger partial charge < -0.3 is 10.1 Å². The van der Waals surface area contributed by atoms with Crippen LogP contribution in [0.5, 0.6) is 5.75 Å². The van der Waals surface area contributed by atoms with E-state index >= 15 is 0 Å². The van der Waals surface area contributed by atoms with Gasteiger partial charge in [0.25, 0.3) is 0 Å². The molecule has 1 atom stereocenters. The zero-order chi connectivity index (χ0) is 20.1. The summed E-state index contributed by atoms with van der Waals surface area (Å²) in [5.41, 5.74) is -0.311.